The summed E-state index contributed by atoms with van der Waals surface area (Å²) in [4.78, 5) is 52.6. The second-order valence-electron chi connectivity index (χ2n) is 7.90. The topological polar surface area (TPSA) is 116 Å². The number of phenolic OH excluding ortho intramolecular Hbond substituents is 1. The molecule has 190 valence electrons. The van der Waals surface area contributed by atoms with Crippen LogP contribution in [0.2, 0.25) is 0 Å². The Kier molecular flexibility index (Phi) is 7.93. The maximum Gasteiger partial charge on any atom is 0.343 e. The highest BCUT2D eigenvalue weighted by atomic mass is 16.6. The Labute approximate surface area is 218 Å². The van der Waals surface area contributed by atoms with E-state index < -0.39 is 46.5 Å². The van der Waals surface area contributed by atoms with Crippen LogP contribution in [0.1, 0.15) is 53.9 Å². The van der Waals surface area contributed by atoms with Crippen LogP contribution in [0.15, 0.2) is 97.1 Å². The van der Waals surface area contributed by atoms with E-state index in [0.717, 1.165) is 6.07 Å². The third kappa shape index (κ3) is 5.60. The Hall–Kier alpha value is -5.24. The molecule has 0 unspecified atom stereocenters. The lowest BCUT2D eigenvalue weighted by Gasteiger charge is -2.18. The van der Waals surface area contributed by atoms with Gasteiger partial charge in [-0.25, -0.2) is 14.4 Å². The molecule has 0 aliphatic carbocycles. The van der Waals surface area contributed by atoms with Crippen molar-refractivity contribution in [3.63, 3.8) is 0 Å². The summed E-state index contributed by atoms with van der Waals surface area (Å²) in [7, 11) is 0. The van der Waals surface area contributed by atoms with Crippen molar-refractivity contribution in [3.8, 4) is 17.2 Å². The van der Waals surface area contributed by atoms with Crippen molar-refractivity contribution < 1.29 is 38.5 Å². The molecule has 0 atom stereocenters. The van der Waals surface area contributed by atoms with E-state index in [4.69, 9.17) is 14.2 Å². The molecule has 1 N–H and O–H groups in total. The lowest BCUT2D eigenvalue weighted by atomic mass is 9.96. The summed E-state index contributed by atoms with van der Waals surface area (Å²) >= 11 is 0. The van der Waals surface area contributed by atoms with Gasteiger partial charge in [-0.05, 0) is 37.3 Å². The van der Waals surface area contributed by atoms with E-state index in [2.05, 4.69) is 0 Å². The summed E-state index contributed by atoms with van der Waals surface area (Å²) in [6, 6.07) is 24.6. The number of esters is 3. The number of carbonyl (C=O) groups is 4. The highest BCUT2D eigenvalue weighted by Crippen LogP contribution is 2.44. The van der Waals surface area contributed by atoms with Crippen molar-refractivity contribution >= 4 is 23.7 Å². The molecule has 8 heteroatoms. The van der Waals surface area contributed by atoms with Gasteiger partial charge in [-0.1, -0.05) is 66.7 Å². The molecule has 4 rings (SSSR count). The molecule has 0 amide bonds. The summed E-state index contributed by atoms with van der Waals surface area (Å²) in [5, 5.41) is 10.9. The van der Waals surface area contributed by atoms with E-state index >= 15 is 0 Å². The van der Waals surface area contributed by atoms with Crippen LogP contribution in [0.3, 0.4) is 0 Å². The van der Waals surface area contributed by atoms with Gasteiger partial charge in [-0.3, -0.25) is 4.79 Å². The fourth-order valence-electron chi connectivity index (χ4n) is 3.60. The van der Waals surface area contributed by atoms with Crippen molar-refractivity contribution in [2.75, 3.05) is 6.61 Å². The smallest absolute Gasteiger partial charge is 0.343 e. The Morgan fingerprint density at radius 3 is 1.55 bits per heavy atom. The zero-order valence-electron chi connectivity index (χ0n) is 20.2. The van der Waals surface area contributed by atoms with E-state index in [-0.39, 0.29) is 28.9 Å². The van der Waals surface area contributed by atoms with Crippen LogP contribution < -0.4 is 9.47 Å². The molecule has 0 spiro atoms. The van der Waals surface area contributed by atoms with Crippen molar-refractivity contribution in [2.24, 2.45) is 0 Å². The molecule has 4 aromatic rings. The van der Waals surface area contributed by atoms with Gasteiger partial charge >= 0.3 is 17.9 Å². The quantitative estimate of drug-likeness (QED) is 0.194. The SMILES string of the molecule is CCOC(=O)c1cc(O)c(OC(=O)c2ccccc2)c(OC(=O)c2ccccc2)c1C(=O)c1ccccc1. The largest absolute Gasteiger partial charge is 0.504 e. The van der Waals surface area contributed by atoms with Gasteiger partial charge in [-0.15, -0.1) is 0 Å². The minimum absolute atomic E-state index is 0.0254. The van der Waals surface area contributed by atoms with E-state index in [1.54, 1.807) is 61.5 Å². The fourth-order valence-corrected chi connectivity index (χ4v) is 3.60. The van der Waals surface area contributed by atoms with Crippen molar-refractivity contribution in [1.29, 1.82) is 0 Å². The molecule has 4 aromatic carbocycles. The molecule has 0 radical (unpaired) electrons. The van der Waals surface area contributed by atoms with Crippen LogP contribution in [0.5, 0.6) is 17.2 Å². The number of hydrogen-bond donors (Lipinski definition) is 1. The predicted octanol–water partition coefficient (Wildman–Crippen LogP) is 5.24. The molecule has 0 aliphatic rings. The van der Waals surface area contributed by atoms with Crippen LogP contribution in [-0.4, -0.2) is 35.4 Å². The molecular formula is C30H22O8. The average molecular weight is 510 g/mol. The number of aromatic hydroxyl groups is 1. The second kappa shape index (κ2) is 11.7. The minimum Gasteiger partial charge on any atom is -0.504 e. The first-order chi connectivity index (χ1) is 18.4. The number of benzene rings is 4. The van der Waals surface area contributed by atoms with Gasteiger partial charge in [0.2, 0.25) is 5.75 Å². The molecule has 0 heterocycles. The van der Waals surface area contributed by atoms with Crippen LogP contribution in [-0.2, 0) is 4.74 Å². The number of carbonyl (C=O) groups excluding carboxylic acids is 4. The Morgan fingerprint density at radius 2 is 1.08 bits per heavy atom. The van der Waals surface area contributed by atoms with Crippen LogP contribution in [0.25, 0.3) is 0 Å². The van der Waals surface area contributed by atoms with Crippen molar-refractivity contribution in [3.05, 3.63) is 125 Å². The monoisotopic (exact) mass is 510 g/mol. The summed E-state index contributed by atoms with van der Waals surface area (Å²) in [5.74, 6) is -5.38. The molecular weight excluding hydrogens is 488 g/mol. The number of hydrogen-bond acceptors (Lipinski definition) is 8. The first-order valence-corrected chi connectivity index (χ1v) is 11.6. The first-order valence-electron chi connectivity index (χ1n) is 11.6. The molecule has 0 bridgehead atoms. The lowest BCUT2D eigenvalue weighted by molar-refractivity contribution is 0.0520. The standard InChI is InChI=1S/C30H22O8/c1-2-36-30(35)22-18-23(31)26(37-28(33)20-14-8-4-9-15-20)27(38-29(34)21-16-10-5-11-17-21)24(22)25(32)19-12-6-3-7-13-19/h3-18,31H,2H2,1H3. The molecule has 0 aromatic heterocycles. The summed E-state index contributed by atoms with van der Waals surface area (Å²) in [6.07, 6.45) is 0. The first kappa shape index (κ1) is 25.8. The van der Waals surface area contributed by atoms with Crippen LogP contribution in [0, 0.1) is 0 Å². The zero-order valence-corrected chi connectivity index (χ0v) is 20.2. The third-order valence-electron chi connectivity index (χ3n) is 5.38. The van der Waals surface area contributed by atoms with E-state index in [9.17, 15) is 24.3 Å². The molecule has 0 saturated heterocycles. The number of ketones is 1. The van der Waals surface area contributed by atoms with Gasteiger partial charge < -0.3 is 19.3 Å². The van der Waals surface area contributed by atoms with Gasteiger partial charge in [0.25, 0.3) is 0 Å². The third-order valence-corrected chi connectivity index (χ3v) is 5.38. The van der Waals surface area contributed by atoms with Crippen LogP contribution >= 0.6 is 0 Å². The molecule has 0 saturated carbocycles. The molecule has 8 nitrogen and oxygen atoms in total. The predicted molar refractivity (Wildman–Crippen MR) is 137 cm³/mol. The Bertz CT molecular complexity index is 1480. The summed E-state index contributed by atoms with van der Waals surface area (Å²) in [6.45, 7) is 1.55. The molecule has 0 aliphatic heterocycles. The maximum atomic E-state index is 13.7. The maximum absolute atomic E-state index is 13.7. The van der Waals surface area contributed by atoms with Gasteiger partial charge in [-0.2, -0.15) is 0 Å². The van der Waals surface area contributed by atoms with Gasteiger partial charge in [0, 0.05) is 5.56 Å². The lowest BCUT2D eigenvalue weighted by Crippen LogP contribution is -2.19. The number of ether oxygens (including phenoxy) is 3. The second-order valence-corrected chi connectivity index (χ2v) is 7.90. The highest BCUT2D eigenvalue weighted by molar-refractivity contribution is 6.17. The van der Waals surface area contributed by atoms with E-state index in [0.29, 0.717) is 0 Å². The number of phenols is 1. The number of rotatable bonds is 8. The van der Waals surface area contributed by atoms with Crippen molar-refractivity contribution in [1.82, 2.24) is 0 Å². The van der Waals surface area contributed by atoms with Gasteiger partial charge in [0.15, 0.2) is 17.3 Å². The average Bonchev–Trinajstić information content (AvgIpc) is 2.95. The van der Waals surface area contributed by atoms with Crippen LogP contribution in [0.4, 0.5) is 0 Å². The summed E-state index contributed by atoms with van der Waals surface area (Å²) < 4.78 is 16.1. The van der Waals surface area contributed by atoms with E-state index in [1.165, 1.54) is 36.4 Å². The minimum atomic E-state index is -0.944. The molecule has 0 fully saturated rings. The Morgan fingerprint density at radius 1 is 0.632 bits per heavy atom. The fraction of sp³-hybridized carbons (Fsp3) is 0.0667. The Balaban J connectivity index is 1.94. The van der Waals surface area contributed by atoms with Gasteiger partial charge in [0.05, 0.1) is 28.9 Å². The highest BCUT2D eigenvalue weighted by Gasteiger charge is 2.33. The zero-order chi connectivity index (χ0) is 27.1. The van der Waals surface area contributed by atoms with E-state index in [1.807, 2.05) is 0 Å². The van der Waals surface area contributed by atoms with Gasteiger partial charge in [0.1, 0.15) is 0 Å². The molecule has 38 heavy (non-hydrogen) atoms. The van der Waals surface area contributed by atoms with Crippen molar-refractivity contribution in [2.45, 2.75) is 6.92 Å². The summed E-state index contributed by atoms with van der Waals surface area (Å²) in [5.41, 5.74) is -0.369. The normalized spacial score (nSPS) is 10.3.